The maximum atomic E-state index is 14.6. The van der Waals surface area contributed by atoms with Crippen LogP contribution < -0.4 is 0 Å². The number of carbonyl (C=O) groups is 4. The van der Waals surface area contributed by atoms with Gasteiger partial charge in [0.15, 0.2) is 6.10 Å². The summed E-state index contributed by atoms with van der Waals surface area (Å²) in [5.41, 5.74) is -3.19. The molecular weight excluding hydrogens is 504 g/mol. The van der Waals surface area contributed by atoms with Crippen LogP contribution in [0.3, 0.4) is 0 Å². The smallest absolute Gasteiger partial charge is 0.339 e. The molecule has 3 unspecified atom stereocenters. The first-order chi connectivity index (χ1) is 18.2. The summed E-state index contributed by atoms with van der Waals surface area (Å²) in [5.74, 6) is -1.72. The van der Waals surface area contributed by atoms with Crippen LogP contribution in [-0.4, -0.2) is 47.6 Å². The van der Waals surface area contributed by atoms with Gasteiger partial charge >= 0.3 is 17.9 Å². The lowest BCUT2D eigenvalue weighted by Crippen LogP contribution is -2.74. The number of cyclic esters (lactones) is 1. The molecule has 2 aliphatic heterocycles. The molecule has 0 bridgehead atoms. The fourth-order valence-electron chi connectivity index (χ4n) is 9.92. The molecular formula is C30H38O9. The Hall–Kier alpha value is -2.68. The molecule has 3 saturated carbocycles. The zero-order valence-electron chi connectivity index (χ0n) is 23.7. The number of fused-ring (bicyclic) bond motifs is 3. The molecule has 1 spiro atoms. The number of rotatable bonds is 3. The van der Waals surface area contributed by atoms with E-state index in [-0.39, 0.29) is 24.0 Å². The van der Waals surface area contributed by atoms with E-state index in [0.29, 0.717) is 19.3 Å². The van der Waals surface area contributed by atoms with Gasteiger partial charge in [0.1, 0.15) is 29.7 Å². The van der Waals surface area contributed by atoms with Crippen molar-refractivity contribution < 1.29 is 42.5 Å². The van der Waals surface area contributed by atoms with E-state index in [1.165, 1.54) is 13.8 Å². The summed E-state index contributed by atoms with van der Waals surface area (Å²) in [4.78, 5) is 52.3. The molecule has 10 atom stereocenters. The molecule has 39 heavy (non-hydrogen) atoms. The zero-order chi connectivity index (χ0) is 28.3. The van der Waals surface area contributed by atoms with Gasteiger partial charge < -0.3 is 23.4 Å². The lowest BCUT2D eigenvalue weighted by atomic mass is 9.34. The van der Waals surface area contributed by atoms with Crippen molar-refractivity contribution in [1.29, 1.82) is 0 Å². The molecule has 212 valence electrons. The lowest BCUT2D eigenvalue weighted by Gasteiger charge is -2.69. The largest absolute Gasteiger partial charge is 0.472 e. The minimum absolute atomic E-state index is 0.0298. The minimum Gasteiger partial charge on any atom is -0.472 e. The van der Waals surface area contributed by atoms with Crippen LogP contribution >= 0.6 is 0 Å². The number of hydrogen-bond acceptors (Lipinski definition) is 9. The summed E-state index contributed by atoms with van der Waals surface area (Å²) < 4.78 is 29.5. The van der Waals surface area contributed by atoms with Gasteiger partial charge in [-0.15, -0.1) is 0 Å². The Morgan fingerprint density at radius 1 is 0.949 bits per heavy atom. The molecule has 6 rings (SSSR count). The quantitative estimate of drug-likeness (QED) is 0.312. The summed E-state index contributed by atoms with van der Waals surface area (Å²) >= 11 is 0. The topological polar surface area (TPSA) is 122 Å². The highest BCUT2D eigenvalue weighted by atomic mass is 16.7. The Morgan fingerprint density at radius 2 is 1.62 bits per heavy atom. The lowest BCUT2D eigenvalue weighted by molar-refractivity contribution is -0.259. The van der Waals surface area contributed by atoms with E-state index in [9.17, 15) is 19.2 Å². The fourth-order valence-corrected chi connectivity index (χ4v) is 9.92. The third kappa shape index (κ3) is 3.05. The van der Waals surface area contributed by atoms with Crippen LogP contribution in [-0.2, 0) is 38.1 Å². The van der Waals surface area contributed by atoms with E-state index in [4.69, 9.17) is 23.4 Å². The highest BCUT2D eigenvalue weighted by Crippen LogP contribution is 2.79. The van der Waals surface area contributed by atoms with Gasteiger partial charge in [0.05, 0.1) is 17.9 Å². The number of esters is 3. The Labute approximate surface area is 228 Å². The van der Waals surface area contributed by atoms with E-state index < -0.39 is 69.6 Å². The summed E-state index contributed by atoms with van der Waals surface area (Å²) in [6.45, 7) is 13.0. The number of hydrogen-bond donors (Lipinski definition) is 0. The summed E-state index contributed by atoms with van der Waals surface area (Å²) in [5, 5.41) is 0. The second kappa shape index (κ2) is 7.95. The number of ether oxygens (including phenoxy) is 4. The molecule has 5 aliphatic rings. The van der Waals surface area contributed by atoms with E-state index >= 15 is 0 Å². The number of furan rings is 1. The van der Waals surface area contributed by atoms with E-state index in [0.717, 1.165) is 5.56 Å². The van der Waals surface area contributed by atoms with Crippen LogP contribution in [0.2, 0.25) is 0 Å². The van der Waals surface area contributed by atoms with Crippen molar-refractivity contribution >= 4 is 23.7 Å². The van der Waals surface area contributed by atoms with Gasteiger partial charge in [-0.05, 0) is 37.7 Å². The SMILES string of the molecule is CC(=O)OC1C[C@H](OC(C)=O)[C@@]2(C)C(CC(=O)[C@]3(C)C2CC[C@@]2(C)[C@H](c4ccoc4)OC(=O)[C@H]4O[C@]423)C1(C)C. The maximum absolute atomic E-state index is 14.6. The first kappa shape index (κ1) is 26.5. The van der Waals surface area contributed by atoms with Crippen molar-refractivity contribution in [3.63, 3.8) is 0 Å². The summed E-state index contributed by atoms with van der Waals surface area (Å²) in [6.07, 6.45) is 2.44. The molecule has 0 radical (unpaired) electrons. The minimum atomic E-state index is -1.05. The van der Waals surface area contributed by atoms with Crippen molar-refractivity contribution in [2.45, 2.75) is 104 Å². The molecule has 3 aliphatic carbocycles. The Morgan fingerprint density at radius 3 is 2.23 bits per heavy atom. The molecule has 0 aromatic carbocycles. The first-order valence-corrected chi connectivity index (χ1v) is 13.9. The van der Waals surface area contributed by atoms with Crippen molar-refractivity contribution in [3.8, 4) is 0 Å². The fraction of sp³-hybridized carbons (Fsp3) is 0.733. The maximum Gasteiger partial charge on any atom is 0.339 e. The van der Waals surface area contributed by atoms with Crippen LogP contribution in [0.1, 0.15) is 85.8 Å². The number of Topliss-reactive ketones (excluding diaryl/α,β-unsaturated/α-hetero) is 1. The molecule has 1 aromatic heterocycles. The van der Waals surface area contributed by atoms with E-state index in [1.54, 1.807) is 18.6 Å². The predicted molar refractivity (Wildman–Crippen MR) is 135 cm³/mol. The van der Waals surface area contributed by atoms with Crippen LogP contribution in [0.15, 0.2) is 23.0 Å². The molecule has 0 amide bonds. The second-order valence-corrected chi connectivity index (χ2v) is 13.6. The van der Waals surface area contributed by atoms with Gasteiger partial charge in [0.25, 0.3) is 0 Å². The molecule has 9 nitrogen and oxygen atoms in total. The third-order valence-electron chi connectivity index (χ3n) is 11.7. The third-order valence-corrected chi connectivity index (χ3v) is 11.7. The molecule has 9 heteroatoms. The van der Waals surface area contributed by atoms with Gasteiger partial charge in [-0.1, -0.05) is 27.7 Å². The van der Waals surface area contributed by atoms with Gasteiger partial charge in [-0.2, -0.15) is 0 Å². The van der Waals surface area contributed by atoms with Crippen LogP contribution in [0.25, 0.3) is 0 Å². The average Bonchev–Trinajstić information content (AvgIpc) is 3.41. The molecule has 1 aromatic rings. The van der Waals surface area contributed by atoms with Gasteiger partial charge in [0, 0.05) is 48.5 Å². The predicted octanol–water partition coefficient (Wildman–Crippen LogP) is 4.33. The Balaban J connectivity index is 1.50. The monoisotopic (exact) mass is 542 g/mol. The van der Waals surface area contributed by atoms with Gasteiger partial charge in [-0.25, -0.2) is 4.79 Å². The van der Waals surface area contributed by atoms with Crippen LogP contribution in [0.4, 0.5) is 0 Å². The second-order valence-electron chi connectivity index (χ2n) is 13.6. The van der Waals surface area contributed by atoms with E-state index in [1.807, 2.05) is 20.8 Å². The van der Waals surface area contributed by atoms with Gasteiger partial charge in [-0.3, -0.25) is 14.4 Å². The number of carbonyl (C=O) groups excluding carboxylic acids is 4. The normalized spacial score (nSPS) is 47.5. The summed E-state index contributed by atoms with van der Waals surface area (Å²) in [6, 6.07) is 1.80. The van der Waals surface area contributed by atoms with Crippen LogP contribution in [0, 0.1) is 33.5 Å². The molecule has 3 heterocycles. The van der Waals surface area contributed by atoms with Crippen LogP contribution in [0.5, 0.6) is 0 Å². The van der Waals surface area contributed by atoms with Crippen molar-refractivity contribution in [1.82, 2.24) is 0 Å². The van der Waals surface area contributed by atoms with E-state index in [2.05, 4.69) is 13.8 Å². The zero-order valence-corrected chi connectivity index (χ0v) is 23.7. The molecule has 0 N–H and O–H groups in total. The van der Waals surface area contributed by atoms with Crippen molar-refractivity contribution in [2.75, 3.05) is 0 Å². The van der Waals surface area contributed by atoms with Gasteiger partial charge in [0.2, 0.25) is 0 Å². The molecule has 5 fully saturated rings. The number of epoxide rings is 1. The van der Waals surface area contributed by atoms with Crippen molar-refractivity contribution in [2.24, 2.45) is 33.5 Å². The Kier molecular flexibility index (Phi) is 5.41. The standard InChI is InChI=1S/C30H38O9/c1-15(31)36-21-13-22(37-16(2)32)28(6)18-8-10-27(5)23(17-9-11-35-14-17)38-25(34)24-30(27,39-24)29(18,7)20(33)12-19(28)26(21,3)4/h9,11,14,18-19,21-24H,8,10,12-13H2,1-7H3/t18?,19?,21?,22-,23-,24+,27-,28+,29-,30+/m0/s1. The highest BCUT2D eigenvalue weighted by molar-refractivity contribution is 5.93. The van der Waals surface area contributed by atoms with Crippen molar-refractivity contribution in [3.05, 3.63) is 24.2 Å². The average molecular weight is 543 g/mol. The highest BCUT2D eigenvalue weighted by Gasteiger charge is 2.89. The Bertz CT molecular complexity index is 1250. The molecule has 2 saturated heterocycles. The first-order valence-electron chi connectivity index (χ1n) is 13.9. The number of ketones is 1. The summed E-state index contributed by atoms with van der Waals surface area (Å²) in [7, 11) is 0.